The van der Waals surface area contributed by atoms with Crippen molar-refractivity contribution in [3.05, 3.63) is 28.9 Å². The molecule has 4 heteroatoms. The maximum absolute atomic E-state index is 5.70. The molecular weight excluding hydrogens is 227 g/mol. The second-order valence-electron chi connectivity index (χ2n) is 2.11. The average Bonchev–Trinajstić information content (AvgIpc) is 2.35. The first-order valence-electron chi connectivity index (χ1n) is 3.00. The van der Waals surface area contributed by atoms with Crippen molar-refractivity contribution < 1.29 is 0 Å². The Morgan fingerprint density at radius 1 is 1.55 bits per heavy atom. The van der Waals surface area contributed by atoms with Crippen LogP contribution in [0.25, 0.3) is 10.9 Å². The highest BCUT2D eigenvalue weighted by Gasteiger charge is 2.02. The van der Waals surface area contributed by atoms with Crippen LogP contribution in [0.5, 0.6) is 0 Å². The third kappa shape index (κ3) is 1.04. The van der Waals surface area contributed by atoms with E-state index in [0.29, 0.717) is 0 Å². The van der Waals surface area contributed by atoms with Crippen LogP contribution < -0.4 is 0 Å². The molecule has 11 heavy (non-hydrogen) atoms. The molecule has 0 aliphatic heterocycles. The average molecular weight is 230 g/mol. The maximum Gasteiger partial charge on any atom is 0.124 e. The van der Waals surface area contributed by atoms with Gasteiger partial charge in [-0.15, -0.1) is 0 Å². The largest absolute Gasteiger partial charge is 0.171 e. The molecule has 1 radical (unpaired) electrons. The third-order valence-electron chi connectivity index (χ3n) is 1.44. The molecular formula is C7H3BrClN2. The van der Waals surface area contributed by atoms with Crippen molar-refractivity contribution >= 4 is 38.6 Å². The Morgan fingerprint density at radius 3 is 3.09 bits per heavy atom. The number of benzene rings is 1. The normalized spacial score (nSPS) is 10.7. The van der Waals surface area contributed by atoms with Gasteiger partial charge in [0.25, 0.3) is 0 Å². The second kappa shape index (κ2) is 2.50. The number of hydrogen-bond acceptors (Lipinski definition) is 1. The van der Waals surface area contributed by atoms with Crippen molar-refractivity contribution in [3.8, 4) is 0 Å². The number of rotatable bonds is 0. The fraction of sp³-hybridized carbons (Fsp3) is 0. The lowest BCUT2D eigenvalue weighted by molar-refractivity contribution is 1.02. The molecule has 2 nitrogen and oxygen atoms in total. The summed E-state index contributed by atoms with van der Waals surface area (Å²) in [6.07, 6.45) is 2.79. The number of halogens is 2. The van der Waals surface area contributed by atoms with Gasteiger partial charge in [0.1, 0.15) is 6.20 Å². The zero-order valence-corrected chi connectivity index (χ0v) is 7.72. The summed E-state index contributed by atoms with van der Waals surface area (Å²) in [5, 5.41) is 4.69. The molecule has 0 atom stereocenters. The van der Waals surface area contributed by atoms with Gasteiger partial charge in [0, 0.05) is 21.6 Å². The first-order chi connectivity index (χ1) is 5.29. The third-order valence-corrected chi connectivity index (χ3v) is 2.36. The van der Waals surface area contributed by atoms with Gasteiger partial charge in [-0.2, -0.15) is 9.30 Å². The van der Waals surface area contributed by atoms with Crippen LogP contribution in [-0.4, -0.2) is 9.30 Å². The van der Waals surface area contributed by atoms with Crippen LogP contribution in [0.15, 0.2) is 22.7 Å². The fourth-order valence-electron chi connectivity index (χ4n) is 0.925. The Hall–Kier alpha value is -0.540. The Balaban J connectivity index is 2.94. The molecule has 1 aromatic heterocycles. The predicted octanol–water partition coefficient (Wildman–Crippen LogP) is 2.60. The number of aromatic nitrogens is 2. The Labute approximate surface area is 77.0 Å². The highest BCUT2D eigenvalue weighted by molar-refractivity contribution is 9.10. The minimum absolute atomic E-state index is 0.862. The first-order valence-corrected chi connectivity index (χ1v) is 4.13. The molecule has 2 rings (SSSR count). The van der Waals surface area contributed by atoms with Gasteiger partial charge in [-0.05, 0) is 12.1 Å². The van der Waals surface area contributed by atoms with Crippen LogP contribution >= 0.6 is 27.7 Å². The van der Waals surface area contributed by atoms with Crippen molar-refractivity contribution in [2.24, 2.45) is 0 Å². The summed E-state index contributed by atoms with van der Waals surface area (Å²) >= 11 is 9.06. The topological polar surface area (TPSA) is 17.8 Å². The van der Waals surface area contributed by atoms with E-state index in [9.17, 15) is 0 Å². The smallest absolute Gasteiger partial charge is 0.124 e. The van der Waals surface area contributed by atoms with Crippen molar-refractivity contribution in [3.63, 3.8) is 0 Å². The predicted molar refractivity (Wildman–Crippen MR) is 47.5 cm³/mol. The molecule has 0 saturated heterocycles. The van der Waals surface area contributed by atoms with Crippen molar-refractivity contribution in [2.45, 2.75) is 0 Å². The Kier molecular flexibility index (Phi) is 1.62. The highest BCUT2D eigenvalue weighted by Crippen LogP contribution is 2.22. The molecule has 0 N–H and O–H groups in total. The van der Waals surface area contributed by atoms with Crippen LogP contribution in [0.2, 0.25) is 0 Å². The molecule has 0 amide bonds. The van der Waals surface area contributed by atoms with Crippen LogP contribution in [0.1, 0.15) is 0 Å². The molecule has 55 valence electrons. The summed E-state index contributed by atoms with van der Waals surface area (Å²) in [6.45, 7) is 0. The van der Waals surface area contributed by atoms with Crippen LogP contribution in [0.3, 0.4) is 0 Å². The summed E-state index contributed by atoms with van der Waals surface area (Å²) in [6, 6.07) is 5.72. The zero-order valence-electron chi connectivity index (χ0n) is 5.38. The molecule has 0 saturated carbocycles. The molecule has 1 heterocycles. The van der Waals surface area contributed by atoms with Crippen LogP contribution in [-0.2, 0) is 0 Å². The highest BCUT2D eigenvalue weighted by atomic mass is 79.9. The Morgan fingerprint density at radius 2 is 2.36 bits per heavy atom. The summed E-state index contributed by atoms with van der Waals surface area (Å²) in [7, 11) is 0. The van der Waals surface area contributed by atoms with Gasteiger partial charge in [-0.25, -0.2) is 0 Å². The lowest BCUT2D eigenvalue weighted by atomic mass is 10.3. The Bertz CT molecular complexity index is 396. The van der Waals surface area contributed by atoms with Crippen LogP contribution in [0, 0.1) is 6.20 Å². The summed E-state index contributed by atoms with van der Waals surface area (Å²) < 4.78 is 2.24. The molecule has 0 aliphatic carbocycles. The van der Waals surface area contributed by atoms with E-state index in [1.165, 1.54) is 4.20 Å². The number of fused-ring (bicyclic) bond motifs is 1. The second-order valence-corrected chi connectivity index (χ2v) is 3.28. The zero-order chi connectivity index (χ0) is 7.84. The minimum atomic E-state index is 0.862. The van der Waals surface area contributed by atoms with E-state index in [-0.39, 0.29) is 0 Å². The van der Waals surface area contributed by atoms with E-state index in [0.717, 1.165) is 15.4 Å². The van der Waals surface area contributed by atoms with Crippen molar-refractivity contribution in [2.75, 3.05) is 0 Å². The van der Waals surface area contributed by atoms with Crippen molar-refractivity contribution in [1.29, 1.82) is 0 Å². The molecule has 0 bridgehead atoms. The van der Waals surface area contributed by atoms with Gasteiger partial charge < -0.3 is 0 Å². The molecule has 0 unspecified atom stereocenters. The SMILES string of the molecule is Cln1n[c]c2c(Br)cccc21. The molecule has 1 aromatic carbocycles. The van der Waals surface area contributed by atoms with Gasteiger partial charge in [0.05, 0.1) is 5.52 Å². The van der Waals surface area contributed by atoms with E-state index in [1.807, 2.05) is 18.2 Å². The molecule has 0 fully saturated rings. The molecule has 0 aliphatic rings. The standard InChI is InChI=1S/C7H3BrClN2/c8-6-2-1-3-7-5(6)4-10-11(7)9/h1-3H. The van der Waals surface area contributed by atoms with Crippen LogP contribution in [0.4, 0.5) is 0 Å². The van der Waals surface area contributed by atoms with Gasteiger partial charge in [0.15, 0.2) is 0 Å². The van der Waals surface area contributed by atoms with E-state index >= 15 is 0 Å². The first kappa shape index (κ1) is 7.13. The van der Waals surface area contributed by atoms with E-state index in [4.69, 9.17) is 11.8 Å². The number of nitrogens with zero attached hydrogens (tertiary/aromatic N) is 2. The summed E-state index contributed by atoms with van der Waals surface area (Å²) in [5.74, 6) is 0. The summed E-state index contributed by atoms with van der Waals surface area (Å²) in [5.41, 5.74) is 0.862. The fourth-order valence-corrected chi connectivity index (χ4v) is 1.55. The molecule has 0 spiro atoms. The lowest BCUT2D eigenvalue weighted by Gasteiger charge is -1.91. The van der Waals surface area contributed by atoms with E-state index in [1.54, 1.807) is 0 Å². The van der Waals surface area contributed by atoms with Gasteiger partial charge in [0.2, 0.25) is 0 Å². The minimum Gasteiger partial charge on any atom is -0.171 e. The summed E-state index contributed by atoms with van der Waals surface area (Å²) in [4.78, 5) is 0. The monoisotopic (exact) mass is 229 g/mol. The molecule has 2 aromatic rings. The maximum atomic E-state index is 5.70. The van der Waals surface area contributed by atoms with Crippen molar-refractivity contribution in [1.82, 2.24) is 9.30 Å². The quantitative estimate of drug-likeness (QED) is 0.680. The van der Waals surface area contributed by atoms with E-state index in [2.05, 4.69) is 27.2 Å². The lowest BCUT2D eigenvalue weighted by Crippen LogP contribution is -1.79. The van der Waals surface area contributed by atoms with Gasteiger partial charge in [-0.3, -0.25) is 0 Å². The number of hydrogen-bond donors (Lipinski definition) is 0. The van der Waals surface area contributed by atoms with Gasteiger partial charge in [-0.1, -0.05) is 22.0 Å². The van der Waals surface area contributed by atoms with Gasteiger partial charge >= 0.3 is 0 Å². The van der Waals surface area contributed by atoms with E-state index < -0.39 is 0 Å².